The number of likely N-dealkylation sites (tertiary alicyclic amines) is 1. The minimum atomic E-state index is -3.74. The minimum Gasteiger partial charge on any atom is -0.397 e. The maximum absolute atomic E-state index is 13.4. The van der Waals surface area contributed by atoms with Gasteiger partial charge in [-0.05, 0) is 31.0 Å². The zero-order valence-electron chi connectivity index (χ0n) is 16.7. The normalized spacial score (nSPS) is 16.2. The van der Waals surface area contributed by atoms with E-state index in [0.29, 0.717) is 11.4 Å². The van der Waals surface area contributed by atoms with Gasteiger partial charge in [-0.25, -0.2) is 18.4 Å². The van der Waals surface area contributed by atoms with E-state index >= 15 is 0 Å². The monoisotopic (exact) mass is 444 g/mol. The number of aromatic nitrogens is 3. The lowest BCUT2D eigenvalue weighted by Gasteiger charge is -2.36. The molecule has 1 fully saturated rings. The summed E-state index contributed by atoms with van der Waals surface area (Å²) in [5.74, 6) is 0.408. The van der Waals surface area contributed by atoms with Gasteiger partial charge in [0.15, 0.2) is 5.82 Å². The van der Waals surface area contributed by atoms with Crippen molar-refractivity contribution < 1.29 is 8.42 Å². The van der Waals surface area contributed by atoms with Crippen LogP contribution in [0.3, 0.4) is 0 Å². The van der Waals surface area contributed by atoms with E-state index in [0.717, 1.165) is 32.5 Å². The van der Waals surface area contributed by atoms with Crippen LogP contribution in [0.4, 0.5) is 5.69 Å². The van der Waals surface area contributed by atoms with Gasteiger partial charge in [-0.15, -0.1) is 11.3 Å². The number of hydrogen-bond donors (Lipinski definition) is 1. The second kappa shape index (κ2) is 8.76. The van der Waals surface area contributed by atoms with Crippen molar-refractivity contribution in [3.8, 4) is 11.4 Å². The summed E-state index contributed by atoms with van der Waals surface area (Å²) >= 11 is 1.64. The Balaban J connectivity index is 1.50. The first-order valence-electron chi connectivity index (χ1n) is 9.70. The van der Waals surface area contributed by atoms with Crippen LogP contribution in [-0.4, -0.2) is 58.8 Å². The lowest BCUT2D eigenvalue weighted by molar-refractivity contribution is 0.165. The number of benzene rings is 1. The number of piperidine rings is 1. The highest BCUT2D eigenvalue weighted by molar-refractivity contribution is 7.89. The van der Waals surface area contributed by atoms with E-state index < -0.39 is 10.0 Å². The van der Waals surface area contributed by atoms with Crippen molar-refractivity contribution in [2.45, 2.75) is 30.3 Å². The molecule has 0 amide bonds. The number of nitrogens with two attached hydrogens (primary N) is 1. The molecule has 3 heterocycles. The van der Waals surface area contributed by atoms with Crippen LogP contribution in [0.1, 0.15) is 17.7 Å². The third-order valence-electron chi connectivity index (χ3n) is 5.46. The summed E-state index contributed by atoms with van der Waals surface area (Å²) in [4.78, 5) is 16.2. The van der Waals surface area contributed by atoms with Gasteiger partial charge in [0.2, 0.25) is 10.0 Å². The van der Waals surface area contributed by atoms with Crippen LogP contribution in [0.5, 0.6) is 0 Å². The van der Waals surface area contributed by atoms with Crippen molar-refractivity contribution in [2.24, 2.45) is 0 Å². The van der Waals surface area contributed by atoms with Gasteiger partial charge < -0.3 is 5.73 Å². The molecule has 2 N–H and O–H groups in total. The number of anilines is 1. The minimum absolute atomic E-state index is 0.0660. The zero-order valence-corrected chi connectivity index (χ0v) is 18.3. The number of thiazole rings is 1. The molecule has 8 nitrogen and oxygen atoms in total. The molecule has 158 valence electrons. The number of rotatable bonds is 6. The van der Waals surface area contributed by atoms with Crippen molar-refractivity contribution in [1.29, 1.82) is 0 Å². The van der Waals surface area contributed by atoms with Crippen LogP contribution in [0.2, 0.25) is 0 Å². The molecule has 1 aliphatic heterocycles. The molecule has 0 saturated carbocycles. The molecule has 0 spiro atoms. The highest BCUT2D eigenvalue weighted by atomic mass is 32.2. The van der Waals surface area contributed by atoms with E-state index in [9.17, 15) is 8.42 Å². The summed E-state index contributed by atoms with van der Waals surface area (Å²) < 4.78 is 28.2. The number of nitrogens with zero attached hydrogens (tertiary/aromatic N) is 5. The van der Waals surface area contributed by atoms with Gasteiger partial charge in [-0.1, -0.05) is 6.07 Å². The van der Waals surface area contributed by atoms with Crippen LogP contribution in [0.15, 0.2) is 53.3 Å². The van der Waals surface area contributed by atoms with Crippen molar-refractivity contribution in [2.75, 3.05) is 25.9 Å². The Morgan fingerprint density at radius 1 is 1.20 bits per heavy atom. The van der Waals surface area contributed by atoms with Gasteiger partial charge >= 0.3 is 0 Å². The Bertz CT molecular complexity index is 1080. The first-order chi connectivity index (χ1) is 14.5. The molecule has 10 heteroatoms. The van der Waals surface area contributed by atoms with Crippen LogP contribution in [0, 0.1) is 0 Å². The lowest BCUT2D eigenvalue weighted by atomic mass is 10.1. The van der Waals surface area contributed by atoms with E-state index in [1.165, 1.54) is 9.18 Å². The summed E-state index contributed by atoms with van der Waals surface area (Å²) in [5, 5.41) is 0. The first-order valence-corrected chi connectivity index (χ1v) is 12.0. The molecule has 1 aromatic carbocycles. The van der Waals surface area contributed by atoms with E-state index in [4.69, 9.17) is 5.73 Å². The highest BCUT2D eigenvalue weighted by Crippen LogP contribution is 2.32. The summed E-state index contributed by atoms with van der Waals surface area (Å²) in [7, 11) is -2.10. The molecule has 0 radical (unpaired) electrons. The Labute approximate surface area is 180 Å². The fraction of sp³-hybridized carbons (Fsp3) is 0.350. The Morgan fingerprint density at radius 3 is 2.60 bits per heavy atom. The maximum Gasteiger partial charge on any atom is 0.245 e. The first kappa shape index (κ1) is 20.9. The number of para-hydroxylation sites is 1. The summed E-state index contributed by atoms with van der Waals surface area (Å²) in [6.45, 7) is 2.55. The maximum atomic E-state index is 13.4. The molecule has 4 rings (SSSR count). The SMILES string of the molecule is CN(C1CCN(Cc2cncs2)CC1)S(=O)(=O)c1cccc(-c2ncccn2)c1N. The Kier molecular flexibility index (Phi) is 6.09. The molecule has 1 aliphatic rings. The number of sulfonamides is 1. The second-order valence-corrected chi connectivity index (χ2v) is 10.2. The Hall–Kier alpha value is -2.40. The molecule has 0 unspecified atom stereocenters. The molecule has 0 atom stereocenters. The van der Waals surface area contributed by atoms with Crippen molar-refractivity contribution >= 4 is 27.0 Å². The molecule has 0 aliphatic carbocycles. The lowest BCUT2D eigenvalue weighted by Crippen LogP contribution is -2.45. The van der Waals surface area contributed by atoms with Crippen molar-refractivity contribution in [1.82, 2.24) is 24.2 Å². The molecular formula is C20H24N6O2S2. The van der Waals surface area contributed by atoms with Crippen LogP contribution in [-0.2, 0) is 16.6 Å². The average molecular weight is 445 g/mol. The quantitative estimate of drug-likeness (QED) is 0.582. The van der Waals surface area contributed by atoms with Gasteiger partial charge in [0.05, 0.1) is 11.2 Å². The van der Waals surface area contributed by atoms with E-state index in [-0.39, 0.29) is 16.6 Å². The third-order valence-corrected chi connectivity index (χ3v) is 8.20. The fourth-order valence-corrected chi connectivity index (χ4v) is 5.92. The average Bonchev–Trinajstić information content (AvgIpc) is 3.27. The van der Waals surface area contributed by atoms with Gasteiger partial charge in [0.25, 0.3) is 0 Å². The van der Waals surface area contributed by atoms with Gasteiger partial charge in [-0.3, -0.25) is 9.88 Å². The largest absolute Gasteiger partial charge is 0.397 e. The smallest absolute Gasteiger partial charge is 0.245 e. The second-order valence-electron chi connectivity index (χ2n) is 7.29. The number of nitrogen functional groups attached to an aromatic ring is 1. The summed E-state index contributed by atoms with van der Waals surface area (Å²) in [6, 6.07) is 6.60. The van der Waals surface area contributed by atoms with Gasteiger partial charge in [0, 0.05) is 61.8 Å². The molecule has 30 heavy (non-hydrogen) atoms. The van der Waals surface area contributed by atoms with Crippen LogP contribution >= 0.6 is 11.3 Å². The third kappa shape index (κ3) is 4.22. The molecule has 0 bridgehead atoms. The molecule has 1 saturated heterocycles. The van der Waals surface area contributed by atoms with Gasteiger partial charge in [0.1, 0.15) is 4.90 Å². The van der Waals surface area contributed by atoms with Crippen molar-refractivity contribution in [3.63, 3.8) is 0 Å². The Morgan fingerprint density at radius 2 is 1.93 bits per heavy atom. The van der Waals surface area contributed by atoms with Crippen LogP contribution < -0.4 is 5.73 Å². The van der Waals surface area contributed by atoms with E-state index in [1.807, 2.05) is 11.7 Å². The summed E-state index contributed by atoms with van der Waals surface area (Å²) in [5.41, 5.74) is 8.80. The summed E-state index contributed by atoms with van der Waals surface area (Å²) in [6.07, 6.45) is 6.65. The fourth-order valence-electron chi connectivity index (χ4n) is 3.74. The highest BCUT2D eigenvalue weighted by Gasteiger charge is 2.32. The molecular weight excluding hydrogens is 420 g/mol. The van der Waals surface area contributed by atoms with Gasteiger partial charge in [-0.2, -0.15) is 4.31 Å². The molecule has 3 aromatic rings. The van der Waals surface area contributed by atoms with Crippen LogP contribution in [0.25, 0.3) is 11.4 Å². The van der Waals surface area contributed by atoms with E-state index in [1.54, 1.807) is 55.0 Å². The zero-order chi connectivity index (χ0) is 21.1. The van der Waals surface area contributed by atoms with E-state index in [2.05, 4.69) is 19.9 Å². The van der Waals surface area contributed by atoms with Crippen molar-refractivity contribution in [3.05, 3.63) is 53.2 Å². The standard InChI is InChI=1S/C20H24N6O2S2/c1-25(15-6-10-26(11-7-15)13-16-12-22-14-29-16)30(27,28)18-5-2-4-17(19(18)21)20-23-8-3-9-24-20/h2-5,8-9,12,14-15H,6-7,10-11,13,21H2,1H3. The predicted molar refractivity (Wildman–Crippen MR) is 117 cm³/mol. The predicted octanol–water partition coefficient (Wildman–Crippen LogP) is 2.47. The topological polar surface area (TPSA) is 105 Å². The number of hydrogen-bond acceptors (Lipinski definition) is 8. The molecule has 2 aromatic heterocycles.